The van der Waals surface area contributed by atoms with E-state index in [1.54, 1.807) is 13.1 Å². The van der Waals surface area contributed by atoms with Crippen LogP contribution in [0, 0.1) is 23.2 Å². The molecule has 1 aromatic carbocycles. The number of Topliss-reactive ketones (excluding diaryl/α,β-unsaturated/α-hetero) is 2. The molecule has 10 atom stereocenters. The lowest BCUT2D eigenvalue weighted by atomic mass is 9.66. The van der Waals surface area contributed by atoms with Crippen molar-refractivity contribution in [1.29, 1.82) is 0 Å². The fourth-order valence-corrected chi connectivity index (χ4v) is 13.4. The lowest BCUT2D eigenvalue weighted by Gasteiger charge is -2.43. The van der Waals surface area contributed by atoms with Gasteiger partial charge in [-0.15, -0.1) is 0 Å². The number of aliphatic hydroxyl groups excluding tert-OH is 1. The molecule has 1 aromatic rings. The molecular formula is C58H81N9O6. The highest BCUT2D eigenvalue weighted by atomic mass is 16.7. The zero-order valence-corrected chi connectivity index (χ0v) is 43.8. The molecule has 73 heavy (non-hydrogen) atoms. The van der Waals surface area contributed by atoms with E-state index in [4.69, 9.17) is 15.2 Å². The summed E-state index contributed by atoms with van der Waals surface area (Å²) in [6.45, 7) is 9.05. The molecule has 3 aliphatic carbocycles. The number of aliphatic hydroxyl groups is 1. The van der Waals surface area contributed by atoms with Gasteiger partial charge in [0, 0.05) is 62.5 Å². The number of nitrogens with two attached hydrogens (primary N) is 1. The Kier molecular flexibility index (Phi) is 16.0. The predicted molar refractivity (Wildman–Crippen MR) is 286 cm³/mol. The van der Waals surface area contributed by atoms with Gasteiger partial charge < -0.3 is 57.5 Å². The topological polar surface area (TPSA) is 216 Å². The third-order valence-electron chi connectivity index (χ3n) is 17.1. The zero-order valence-electron chi connectivity index (χ0n) is 43.8. The number of fused-ring (bicyclic) bond motifs is 1. The molecule has 1 unspecified atom stereocenters. The van der Waals surface area contributed by atoms with Crippen molar-refractivity contribution >= 4 is 23.5 Å². The standard InChI is InChI=1S/C58H81N9O6/c1-6-62-46-29-40-15-9-14-39-13-7-8-23-55(3,33-38-19-20-48(59)65-35-38)34-41-16-10-17-43-50(41)52(70)58(53(71)72-47(18-11-28-68)45(46)31-44(39)40)57(73-58,51(43)69)25-21-37(2)32-56(24-12-26-64-54(61-5)67-56)42-22-27-63-49(30-42)66-36-60-4/h9-10,15-17,19-22,29-30,35,39,44-48,60,62-63,65-66,68H,6-8,11-14,18,23-28,31-34,36,59H2,1-5H3,(H2,61,64,67)/b37-21+/t39-,44-,45-,46-,47+,48?,55+,56-,57-,58-/m0/s1. The van der Waals surface area contributed by atoms with Crippen LogP contribution in [0.15, 0.2) is 106 Å². The Morgan fingerprint density at radius 1 is 1.10 bits per heavy atom. The van der Waals surface area contributed by atoms with Gasteiger partial charge in [0.15, 0.2) is 17.3 Å². The van der Waals surface area contributed by atoms with Gasteiger partial charge >= 0.3 is 5.97 Å². The normalized spacial score (nSPS) is 34.8. The minimum Gasteiger partial charge on any atom is -0.459 e. The summed E-state index contributed by atoms with van der Waals surface area (Å²) in [5.74, 6) is 0.468. The first-order valence-electron chi connectivity index (χ1n) is 27.2. The molecule has 15 heteroatoms. The molecule has 0 aromatic heterocycles. The van der Waals surface area contributed by atoms with Crippen LogP contribution in [0.2, 0.25) is 0 Å². The Labute approximate surface area is 432 Å². The summed E-state index contributed by atoms with van der Waals surface area (Å²) in [4.78, 5) is 51.7. The van der Waals surface area contributed by atoms with Crippen LogP contribution in [0.5, 0.6) is 0 Å². The SMILES string of the molecule is CCN[C@H]1C=C2C=CC[C@@H]3CCCC[C@](C)(CC4=CNC(N)C=C4)Cc4cccc5c4C(=O)[C@]4(O[C@@]4(C/C=C(\C)C[C@]4(C6=CCNC(NCNC)=C6)CCCNC(=NC)N4)C5=O)C(=O)O[C@H](CCCO)[C@H]1C[C@H]23. The fraction of sp³-hybridized carbons (Fsp3) is 0.586. The molecular weight excluding hydrogens is 919 g/mol. The van der Waals surface area contributed by atoms with Gasteiger partial charge in [-0.05, 0) is 143 Å². The van der Waals surface area contributed by atoms with Crippen LogP contribution in [0.1, 0.15) is 131 Å². The van der Waals surface area contributed by atoms with Crippen molar-refractivity contribution in [3.8, 4) is 0 Å². The van der Waals surface area contributed by atoms with Gasteiger partial charge in [-0.2, -0.15) is 0 Å². The Balaban J connectivity index is 1.13. The molecule has 4 bridgehead atoms. The number of benzene rings is 1. The molecule has 2 saturated heterocycles. The van der Waals surface area contributed by atoms with E-state index >= 15 is 14.4 Å². The number of hydrogen-bond acceptors (Lipinski definition) is 13. The number of likely N-dealkylation sites (N-methyl/N-ethyl adjacent to an activating group) is 1. The predicted octanol–water partition coefficient (Wildman–Crippen LogP) is 5.78. The molecule has 5 heterocycles. The van der Waals surface area contributed by atoms with Crippen molar-refractivity contribution in [1.82, 2.24) is 37.2 Å². The van der Waals surface area contributed by atoms with Crippen LogP contribution in [0.3, 0.4) is 0 Å². The van der Waals surface area contributed by atoms with E-state index in [2.05, 4.69) is 92.5 Å². The number of ether oxygens (including phenoxy) is 2. The zero-order chi connectivity index (χ0) is 51.4. The largest absolute Gasteiger partial charge is 0.459 e. The number of esters is 1. The Hall–Kier alpha value is -5.32. The lowest BCUT2D eigenvalue weighted by Crippen LogP contribution is -2.53. The van der Waals surface area contributed by atoms with Crippen molar-refractivity contribution in [2.75, 3.05) is 47.0 Å². The summed E-state index contributed by atoms with van der Waals surface area (Å²) < 4.78 is 13.5. The average molecular weight is 1000 g/mol. The van der Waals surface area contributed by atoms with Crippen LogP contribution in [-0.4, -0.2) is 111 Å². The third-order valence-corrected chi connectivity index (χ3v) is 17.1. The molecule has 10 N–H and O–H groups in total. The summed E-state index contributed by atoms with van der Waals surface area (Å²) >= 11 is 0. The number of rotatable bonds is 15. The summed E-state index contributed by atoms with van der Waals surface area (Å²) in [7, 11) is 3.67. The first-order chi connectivity index (χ1) is 35.3. The van der Waals surface area contributed by atoms with Crippen molar-refractivity contribution in [2.24, 2.45) is 33.9 Å². The maximum atomic E-state index is 15.9. The highest BCUT2D eigenvalue weighted by Crippen LogP contribution is 2.60. The number of nitrogens with zero attached hydrogens (tertiary/aromatic N) is 1. The molecule has 394 valence electrons. The van der Waals surface area contributed by atoms with E-state index in [0.29, 0.717) is 57.3 Å². The number of epoxide rings is 1. The van der Waals surface area contributed by atoms with Gasteiger partial charge in [-0.25, -0.2) is 4.79 Å². The second-order valence-electron chi connectivity index (χ2n) is 22.3. The van der Waals surface area contributed by atoms with Gasteiger partial charge in [0.25, 0.3) is 5.60 Å². The number of cyclic esters (lactones) is 1. The number of allylic oxidation sites excluding steroid dienone is 5. The van der Waals surface area contributed by atoms with Crippen LogP contribution < -0.4 is 43.0 Å². The number of carbonyl (C=O) groups excluding carboxylic acids is 3. The van der Waals surface area contributed by atoms with Crippen LogP contribution in [0.25, 0.3) is 0 Å². The molecule has 5 aliphatic heterocycles. The van der Waals surface area contributed by atoms with E-state index < -0.39 is 34.6 Å². The number of ketones is 2. The number of guanidine groups is 1. The van der Waals surface area contributed by atoms with Gasteiger partial charge in [-0.1, -0.05) is 86.9 Å². The maximum absolute atomic E-state index is 15.9. The fourth-order valence-electron chi connectivity index (χ4n) is 13.4. The number of carbonyl (C=O) groups is 3. The van der Waals surface area contributed by atoms with E-state index in [1.807, 2.05) is 44.5 Å². The van der Waals surface area contributed by atoms with E-state index in [1.165, 1.54) is 5.57 Å². The van der Waals surface area contributed by atoms with E-state index in [0.717, 1.165) is 92.4 Å². The van der Waals surface area contributed by atoms with Crippen molar-refractivity contribution in [3.05, 3.63) is 118 Å². The first-order valence-corrected chi connectivity index (χ1v) is 27.2. The molecule has 0 radical (unpaired) electrons. The van der Waals surface area contributed by atoms with Gasteiger partial charge in [-0.3, -0.25) is 14.6 Å². The van der Waals surface area contributed by atoms with Gasteiger partial charge in [0.1, 0.15) is 11.9 Å². The number of hydrogen-bond donors (Lipinski definition) is 9. The first kappa shape index (κ1) is 52.5. The number of nitrogens with one attached hydrogen (secondary N) is 7. The second-order valence-corrected chi connectivity index (χ2v) is 22.3. The maximum Gasteiger partial charge on any atom is 0.350 e. The Morgan fingerprint density at radius 2 is 1.96 bits per heavy atom. The van der Waals surface area contributed by atoms with Crippen molar-refractivity contribution in [3.63, 3.8) is 0 Å². The van der Waals surface area contributed by atoms with Crippen molar-refractivity contribution < 1.29 is 29.0 Å². The van der Waals surface area contributed by atoms with E-state index in [9.17, 15) is 5.11 Å². The second kappa shape index (κ2) is 22.3. The molecule has 1 spiro atoms. The molecule has 9 rings (SSSR count). The lowest BCUT2D eigenvalue weighted by molar-refractivity contribution is -0.158. The summed E-state index contributed by atoms with van der Waals surface area (Å²) in [5.41, 5.74) is 7.08. The minimum absolute atomic E-state index is 0.00305. The highest BCUT2D eigenvalue weighted by Gasteiger charge is 2.85. The Morgan fingerprint density at radius 3 is 2.74 bits per heavy atom. The molecule has 0 amide bonds. The van der Waals surface area contributed by atoms with Crippen LogP contribution in [0.4, 0.5) is 0 Å². The molecule has 2 fully saturated rings. The van der Waals surface area contributed by atoms with Crippen LogP contribution in [-0.2, 0) is 20.7 Å². The minimum atomic E-state index is -2.20. The molecule has 8 aliphatic rings. The summed E-state index contributed by atoms with van der Waals surface area (Å²) in [6.07, 6.45) is 28.5. The van der Waals surface area contributed by atoms with Crippen molar-refractivity contribution in [2.45, 2.75) is 146 Å². The van der Waals surface area contributed by atoms with Crippen LogP contribution >= 0.6 is 0 Å². The number of aliphatic imine (C=N–C) groups is 1. The molecule has 0 saturated carbocycles. The van der Waals surface area contributed by atoms with Gasteiger partial charge in [0.05, 0.1) is 18.4 Å². The molecule has 15 nitrogen and oxygen atoms in total. The number of dihydropyridines is 2. The highest BCUT2D eigenvalue weighted by molar-refractivity contribution is 6.33. The summed E-state index contributed by atoms with van der Waals surface area (Å²) in [6, 6.07) is 5.46. The van der Waals surface area contributed by atoms with Gasteiger partial charge in [0.2, 0.25) is 5.78 Å². The van der Waals surface area contributed by atoms with E-state index in [-0.39, 0.29) is 59.4 Å². The smallest absolute Gasteiger partial charge is 0.350 e. The summed E-state index contributed by atoms with van der Waals surface area (Å²) in [5, 5.41) is 34.5. The Bertz CT molecular complexity index is 2530. The third kappa shape index (κ3) is 10.5. The average Bonchev–Trinajstić information content (AvgIpc) is 4.15. The monoisotopic (exact) mass is 1000 g/mol. The quantitative estimate of drug-likeness (QED) is 0.0335.